The van der Waals surface area contributed by atoms with Crippen LogP contribution in [0.4, 0.5) is 0 Å². The van der Waals surface area contributed by atoms with E-state index in [2.05, 4.69) is 28.7 Å². The fourth-order valence-electron chi connectivity index (χ4n) is 0.966. The Balaban J connectivity index is 2.86. The lowest BCUT2D eigenvalue weighted by Crippen LogP contribution is -1.91. The highest BCUT2D eigenvalue weighted by molar-refractivity contribution is 14.1. The molecule has 0 atom stereocenters. The fraction of sp³-hybridized carbons (Fsp3) is 0.333. The Labute approximate surface area is 86.0 Å². The van der Waals surface area contributed by atoms with E-state index in [4.69, 9.17) is 9.47 Å². The van der Waals surface area contributed by atoms with Crippen LogP contribution in [-0.4, -0.2) is 14.2 Å². The van der Waals surface area contributed by atoms with E-state index in [0.717, 1.165) is 9.32 Å². The second kappa shape index (κ2) is 4.67. The zero-order valence-electron chi connectivity index (χ0n) is 7.13. The summed E-state index contributed by atoms with van der Waals surface area (Å²) in [6.07, 6.45) is 0. The summed E-state index contributed by atoms with van der Waals surface area (Å²) in [6, 6.07) is 6.02. The van der Waals surface area contributed by atoms with Gasteiger partial charge >= 0.3 is 0 Å². The minimum absolute atomic E-state index is 0.653. The molecule has 0 saturated heterocycles. The lowest BCUT2D eigenvalue weighted by atomic mass is 10.2. The SMILES string of the molecule is COCc1ccc(OC)c(I)c1. The minimum Gasteiger partial charge on any atom is -0.496 e. The van der Waals surface area contributed by atoms with Gasteiger partial charge in [0, 0.05) is 7.11 Å². The Morgan fingerprint density at radius 1 is 1.33 bits per heavy atom. The van der Waals surface area contributed by atoms with Gasteiger partial charge in [0.25, 0.3) is 0 Å². The summed E-state index contributed by atoms with van der Waals surface area (Å²) < 4.78 is 11.3. The molecule has 0 unspecified atom stereocenters. The molecule has 0 bridgehead atoms. The topological polar surface area (TPSA) is 18.5 Å². The largest absolute Gasteiger partial charge is 0.496 e. The van der Waals surface area contributed by atoms with E-state index in [1.54, 1.807) is 14.2 Å². The van der Waals surface area contributed by atoms with Gasteiger partial charge in [-0.05, 0) is 40.3 Å². The maximum absolute atomic E-state index is 5.13. The Hall–Kier alpha value is -0.290. The third-order valence-corrected chi connectivity index (χ3v) is 2.37. The molecule has 1 aromatic rings. The van der Waals surface area contributed by atoms with E-state index in [0.29, 0.717) is 6.61 Å². The van der Waals surface area contributed by atoms with Gasteiger partial charge in [-0.3, -0.25) is 0 Å². The minimum atomic E-state index is 0.653. The van der Waals surface area contributed by atoms with Crippen LogP contribution in [0.5, 0.6) is 5.75 Å². The molecule has 0 radical (unpaired) electrons. The first-order valence-electron chi connectivity index (χ1n) is 3.59. The lowest BCUT2D eigenvalue weighted by molar-refractivity contribution is 0.185. The zero-order valence-corrected chi connectivity index (χ0v) is 9.29. The maximum atomic E-state index is 5.13. The van der Waals surface area contributed by atoms with Crippen molar-refractivity contribution in [3.8, 4) is 5.75 Å². The molecule has 1 aromatic carbocycles. The van der Waals surface area contributed by atoms with Crippen molar-refractivity contribution in [1.82, 2.24) is 0 Å². The summed E-state index contributed by atoms with van der Waals surface area (Å²) in [6.45, 7) is 0.653. The molecular weight excluding hydrogens is 267 g/mol. The Bertz CT molecular complexity index is 261. The van der Waals surface area contributed by atoms with Gasteiger partial charge in [0.15, 0.2) is 0 Å². The number of hydrogen-bond acceptors (Lipinski definition) is 2. The van der Waals surface area contributed by atoms with Crippen LogP contribution in [-0.2, 0) is 11.3 Å². The van der Waals surface area contributed by atoms with Crippen molar-refractivity contribution in [2.24, 2.45) is 0 Å². The summed E-state index contributed by atoms with van der Waals surface area (Å²) in [5, 5.41) is 0. The van der Waals surface area contributed by atoms with Crippen LogP contribution in [0.1, 0.15) is 5.56 Å². The van der Waals surface area contributed by atoms with Gasteiger partial charge in [0.1, 0.15) is 5.75 Å². The molecular formula is C9H11IO2. The number of hydrogen-bond donors (Lipinski definition) is 0. The quantitative estimate of drug-likeness (QED) is 0.791. The number of benzene rings is 1. The van der Waals surface area contributed by atoms with E-state index in [1.165, 1.54) is 5.56 Å². The molecule has 0 aliphatic rings. The van der Waals surface area contributed by atoms with Crippen LogP contribution in [0.3, 0.4) is 0 Å². The first-order valence-corrected chi connectivity index (χ1v) is 4.67. The summed E-state index contributed by atoms with van der Waals surface area (Å²) in [4.78, 5) is 0. The maximum Gasteiger partial charge on any atom is 0.132 e. The number of ether oxygens (including phenoxy) is 2. The third-order valence-electron chi connectivity index (χ3n) is 1.53. The van der Waals surface area contributed by atoms with Gasteiger partial charge in [-0.25, -0.2) is 0 Å². The van der Waals surface area contributed by atoms with E-state index >= 15 is 0 Å². The molecule has 0 aromatic heterocycles. The first kappa shape index (κ1) is 9.80. The molecule has 66 valence electrons. The third kappa shape index (κ3) is 2.35. The van der Waals surface area contributed by atoms with E-state index in [9.17, 15) is 0 Å². The zero-order chi connectivity index (χ0) is 8.97. The first-order chi connectivity index (χ1) is 5.77. The normalized spacial score (nSPS) is 9.92. The number of rotatable bonds is 3. The second-order valence-corrected chi connectivity index (χ2v) is 3.56. The van der Waals surface area contributed by atoms with Crippen LogP contribution >= 0.6 is 22.6 Å². The fourth-order valence-corrected chi connectivity index (χ4v) is 1.77. The Morgan fingerprint density at radius 3 is 2.58 bits per heavy atom. The van der Waals surface area contributed by atoms with Gasteiger partial charge in [-0.2, -0.15) is 0 Å². The molecule has 3 heteroatoms. The molecule has 12 heavy (non-hydrogen) atoms. The highest BCUT2D eigenvalue weighted by Crippen LogP contribution is 2.21. The standard InChI is InChI=1S/C9H11IO2/c1-11-6-7-3-4-9(12-2)8(10)5-7/h3-5H,6H2,1-2H3. The monoisotopic (exact) mass is 278 g/mol. The van der Waals surface area contributed by atoms with Gasteiger partial charge in [0.05, 0.1) is 17.3 Å². The smallest absolute Gasteiger partial charge is 0.132 e. The van der Waals surface area contributed by atoms with Crippen LogP contribution < -0.4 is 4.74 Å². The highest BCUT2D eigenvalue weighted by Gasteiger charge is 1.99. The van der Waals surface area contributed by atoms with E-state index in [1.807, 2.05) is 12.1 Å². The molecule has 0 aliphatic carbocycles. The predicted molar refractivity (Wildman–Crippen MR) is 56.4 cm³/mol. The molecule has 0 fully saturated rings. The molecule has 0 heterocycles. The summed E-state index contributed by atoms with van der Waals surface area (Å²) in [5.74, 6) is 0.912. The van der Waals surface area contributed by atoms with E-state index in [-0.39, 0.29) is 0 Å². The van der Waals surface area contributed by atoms with Gasteiger partial charge in [-0.15, -0.1) is 0 Å². The molecule has 0 N–H and O–H groups in total. The summed E-state index contributed by atoms with van der Waals surface area (Å²) >= 11 is 2.25. The second-order valence-electron chi connectivity index (χ2n) is 2.40. The van der Waals surface area contributed by atoms with Gasteiger partial charge in [0.2, 0.25) is 0 Å². The number of halogens is 1. The van der Waals surface area contributed by atoms with Gasteiger partial charge in [-0.1, -0.05) is 6.07 Å². The predicted octanol–water partition coefficient (Wildman–Crippen LogP) is 2.45. The van der Waals surface area contributed by atoms with Crippen LogP contribution in [0, 0.1) is 3.57 Å². The summed E-state index contributed by atoms with van der Waals surface area (Å²) in [7, 11) is 3.37. The Kier molecular flexibility index (Phi) is 3.81. The average Bonchev–Trinajstić information content (AvgIpc) is 2.05. The molecule has 2 nitrogen and oxygen atoms in total. The van der Waals surface area contributed by atoms with Crippen molar-refractivity contribution in [1.29, 1.82) is 0 Å². The molecule has 0 aliphatic heterocycles. The Morgan fingerprint density at radius 2 is 2.08 bits per heavy atom. The number of methoxy groups -OCH3 is 2. The van der Waals surface area contributed by atoms with Crippen LogP contribution in [0.15, 0.2) is 18.2 Å². The molecule has 0 amide bonds. The van der Waals surface area contributed by atoms with Crippen molar-refractivity contribution >= 4 is 22.6 Å². The van der Waals surface area contributed by atoms with Crippen LogP contribution in [0.2, 0.25) is 0 Å². The van der Waals surface area contributed by atoms with Crippen molar-refractivity contribution < 1.29 is 9.47 Å². The van der Waals surface area contributed by atoms with Crippen molar-refractivity contribution in [2.75, 3.05) is 14.2 Å². The molecule has 0 saturated carbocycles. The van der Waals surface area contributed by atoms with Crippen molar-refractivity contribution in [2.45, 2.75) is 6.61 Å². The van der Waals surface area contributed by atoms with Crippen molar-refractivity contribution in [3.05, 3.63) is 27.3 Å². The van der Waals surface area contributed by atoms with E-state index < -0.39 is 0 Å². The lowest BCUT2D eigenvalue weighted by Gasteiger charge is -2.05. The molecule has 0 spiro atoms. The molecule has 1 rings (SSSR count). The average molecular weight is 278 g/mol. The van der Waals surface area contributed by atoms with Crippen LogP contribution in [0.25, 0.3) is 0 Å². The highest BCUT2D eigenvalue weighted by atomic mass is 127. The van der Waals surface area contributed by atoms with Gasteiger partial charge < -0.3 is 9.47 Å². The summed E-state index contributed by atoms with van der Waals surface area (Å²) in [5.41, 5.74) is 1.17. The van der Waals surface area contributed by atoms with Crippen molar-refractivity contribution in [3.63, 3.8) is 0 Å².